The number of rotatable bonds is 8. The lowest BCUT2D eigenvalue weighted by molar-refractivity contribution is -0.129. The lowest BCUT2D eigenvalue weighted by atomic mass is 10.1. The van der Waals surface area contributed by atoms with Gasteiger partial charge in [0.2, 0.25) is 5.91 Å². The SMILES string of the molecule is CC(=O)N(CCN(C)C)Cc1cc(NC(=O)c2ccco2)ccc1N(C)C. The summed E-state index contributed by atoms with van der Waals surface area (Å²) in [4.78, 5) is 30.1. The highest BCUT2D eigenvalue weighted by atomic mass is 16.3. The van der Waals surface area contributed by atoms with E-state index in [-0.39, 0.29) is 17.6 Å². The number of carbonyl (C=O) groups excluding carboxylic acids is 2. The first kappa shape index (κ1) is 20.5. The van der Waals surface area contributed by atoms with Crippen LogP contribution in [0.5, 0.6) is 0 Å². The van der Waals surface area contributed by atoms with Crippen LogP contribution in [0.3, 0.4) is 0 Å². The van der Waals surface area contributed by atoms with Crippen molar-refractivity contribution in [1.29, 1.82) is 0 Å². The Kier molecular flexibility index (Phi) is 7.01. The molecule has 7 heteroatoms. The van der Waals surface area contributed by atoms with Gasteiger partial charge in [0.05, 0.1) is 6.26 Å². The van der Waals surface area contributed by atoms with Gasteiger partial charge in [0.1, 0.15) is 0 Å². The minimum absolute atomic E-state index is 0.0200. The molecule has 0 spiro atoms. The topological polar surface area (TPSA) is 69.0 Å². The second-order valence-corrected chi connectivity index (χ2v) is 6.91. The lowest BCUT2D eigenvalue weighted by Crippen LogP contribution is -2.35. The number of furan rings is 1. The molecule has 2 rings (SSSR count). The Bertz CT molecular complexity index is 770. The van der Waals surface area contributed by atoms with Crippen molar-refractivity contribution in [2.45, 2.75) is 13.5 Å². The molecule has 0 fully saturated rings. The average molecular weight is 372 g/mol. The second-order valence-electron chi connectivity index (χ2n) is 6.91. The molecular formula is C20H28N4O3. The molecule has 0 saturated carbocycles. The highest BCUT2D eigenvalue weighted by molar-refractivity contribution is 6.02. The van der Waals surface area contributed by atoms with E-state index in [2.05, 4.69) is 5.32 Å². The fraction of sp³-hybridized carbons (Fsp3) is 0.400. The predicted octanol–water partition coefficient (Wildman–Crippen LogP) is 2.51. The molecule has 1 heterocycles. The van der Waals surface area contributed by atoms with Gasteiger partial charge in [0.25, 0.3) is 5.91 Å². The Labute approximate surface area is 160 Å². The summed E-state index contributed by atoms with van der Waals surface area (Å²) in [6.07, 6.45) is 1.46. The molecule has 0 radical (unpaired) electrons. The van der Waals surface area contributed by atoms with Crippen molar-refractivity contribution in [2.24, 2.45) is 0 Å². The zero-order valence-corrected chi connectivity index (χ0v) is 16.7. The third-order valence-electron chi connectivity index (χ3n) is 4.19. The van der Waals surface area contributed by atoms with Crippen LogP contribution in [-0.2, 0) is 11.3 Å². The van der Waals surface area contributed by atoms with Gasteiger partial charge in [0, 0.05) is 52.0 Å². The molecule has 0 aliphatic heterocycles. The van der Waals surface area contributed by atoms with Crippen molar-refractivity contribution >= 4 is 23.2 Å². The summed E-state index contributed by atoms with van der Waals surface area (Å²) in [5, 5.41) is 2.84. The third-order valence-corrected chi connectivity index (χ3v) is 4.19. The largest absolute Gasteiger partial charge is 0.459 e. The van der Waals surface area contributed by atoms with Crippen molar-refractivity contribution in [1.82, 2.24) is 9.80 Å². The van der Waals surface area contributed by atoms with E-state index in [0.29, 0.717) is 18.8 Å². The van der Waals surface area contributed by atoms with Crippen LogP contribution in [0.1, 0.15) is 23.0 Å². The molecule has 1 aromatic carbocycles. The molecule has 0 saturated heterocycles. The molecule has 0 aliphatic carbocycles. The maximum absolute atomic E-state index is 12.2. The molecule has 0 aliphatic rings. The van der Waals surface area contributed by atoms with Crippen LogP contribution >= 0.6 is 0 Å². The number of benzene rings is 1. The van der Waals surface area contributed by atoms with Crippen molar-refractivity contribution in [3.63, 3.8) is 0 Å². The molecular weight excluding hydrogens is 344 g/mol. The van der Waals surface area contributed by atoms with Gasteiger partial charge in [0.15, 0.2) is 5.76 Å². The number of amides is 2. The van der Waals surface area contributed by atoms with E-state index in [4.69, 9.17) is 4.42 Å². The van der Waals surface area contributed by atoms with E-state index < -0.39 is 0 Å². The van der Waals surface area contributed by atoms with Crippen molar-refractivity contribution in [3.8, 4) is 0 Å². The molecule has 146 valence electrons. The molecule has 0 bridgehead atoms. The quantitative estimate of drug-likeness (QED) is 0.771. The first-order valence-corrected chi connectivity index (χ1v) is 8.83. The lowest BCUT2D eigenvalue weighted by Gasteiger charge is -2.26. The Morgan fingerprint density at radius 3 is 2.37 bits per heavy atom. The van der Waals surface area contributed by atoms with Crippen LogP contribution in [0.4, 0.5) is 11.4 Å². The number of likely N-dealkylation sites (N-methyl/N-ethyl adjacent to an activating group) is 1. The van der Waals surface area contributed by atoms with Gasteiger partial charge >= 0.3 is 0 Å². The third kappa shape index (κ3) is 5.86. The Hall–Kier alpha value is -2.80. The minimum atomic E-state index is -0.306. The van der Waals surface area contributed by atoms with Gasteiger partial charge in [-0.1, -0.05) is 0 Å². The minimum Gasteiger partial charge on any atom is -0.459 e. The zero-order valence-electron chi connectivity index (χ0n) is 16.7. The van der Waals surface area contributed by atoms with Gasteiger partial charge in [-0.3, -0.25) is 9.59 Å². The van der Waals surface area contributed by atoms with Crippen LogP contribution in [-0.4, -0.2) is 62.9 Å². The predicted molar refractivity (Wildman–Crippen MR) is 107 cm³/mol. The molecule has 0 unspecified atom stereocenters. The molecule has 27 heavy (non-hydrogen) atoms. The van der Waals surface area contributed by atoms with Gasteiger partial charge in [-0.2, -0.15) is 0 Å². The number of carbonyl (C=O) groups is 2. The number of hydrogen-bond acceptors (Lipinski definition) is 5. The highest BCUT2D eigenvalue weighted by Gasteiger charge is 2.15. The summed E-state index contributed by atoms with van der Waals surface area (Å²) >= 11 is 0. The second kappa shape index (κ2) is 9.23. The molecule has 1 N–H and O–H groups in total. The van der Waals surface area contributed by atoms with Gasteiger partial charge < -0.3 is 24.4 Å². The molecule has 7 nitrogen and oxygen atoms in total. The van der Waals surface area contributed by atoms with Crippen molar-refractivity contribution < 1.29 is 14.0 Å². The van der Waals surface area contributed by atoms with Crippen LogP contribution < -0.4 is 10.2 Å². The number of hydrogen-bond donors (Lipinski definition) is 1. The summed E-state index contributed by atoms with van der Waals surface area (Å²) in [6, 6.07) is 8.98. The maximum atomic E-state index is 12.2. The van der Waals surface area contributed by atoms with Crippen molar-refractivity contribution in [3.05, 3.63) is 47.9 Å². The van der Waals surface area contributed by atoms with E-state index in [1.54, 1.807) is 24.0 Å². The fourth-order valence-corrected chi connectivity index (χ4v) is 2.70. The first-order valence-electron chi connectivity index (χ1n) is 8.83. The Morgan fingerprint density at radius 2 is 1.81 bits per heavy atom. The normalized spacial score (nSPS) is 10.7. The van der Waals surface area contributed by atoms with Crippen molar-refractivity contribution in [2.75, 3.05) is 51.5 Å². The summed E-state index contributed by atoms with van der Waals surface area (Å²) in [7, 11) is 7.87. The number of nitrogens with one attached hydrogen (secondary N) is 1. The standard InChI is InChI=1S/C20H28N4O3/c1-15(25)24(11-10-22(2)3)14-16-13-17(8-9-18(16)23(4)5)21-20(26)19-7-6-12-27-19/h6-9,12-13H,10-11,14H2,1-5H3,(H,21,26). The maximum Gasteiger partial charge on any atom is 0.291 e. The Balaban J connectivity index is 2.23. The van der Waals surface area contributed by atoms with E-state index in [1.165, 1.54) is 6.26 Å². The van der Waals surface area contributed by atoms with Crippen LogP contribution in [0.25, 0.3) is 0 Å². The monoisotopic (exact) mass is 372 g/mol. The Morgan fingerprint density at radius 1 is 1.07 bits per heavy atom. The van der Waals surface area contributed by atoms with E-state index >= 15 is 0 Å². The number of anilines is 2. The molecule has 2 aromatic rings. The molecule has 2 amide bonds. The molecule has 1 aromatic heterocycles. The summed E-state index contributed by atoms with van der Waals surface area (Å²) in [5.41, 5.74) is 2.63. The van der Waals surface area contributed by atoms with Gasteiger partial charge in [-0.15, -0.1) is 0 Å². The van der Waals surface area contributed by atoms with E-state index in [0.717, 1.165) is 17.8 Å². The molecule has 0 atom stereocenters. The van der Waals surface area contributed by atoms with Crippen LogP contribution in [0.15, 0.2) is 41.0 Å². The van der Waals surface area contributed by atoms with Crippen LogP contribution in [0, 0.1) is 0 Å². The average Bonchev–Trinajstić information content (AvgIpc) is 3.12. The van der Waals surface area contributed by atoms with Gasteiger partial charge in [-0.25, -0.2) is 0 Å². The highest BCUT2D eigenvalue weighted by Crippen LogP contribution is 2.25. The van der Waals surface area contributed by atoms with Crippen LogP contribution in [0.2, 0.25) is 0 Å². The van der Waals surface area contributed by atoms with Gasteiger partial charge in [-0.05, 0) is 50.0 Å². The summed E-state index contributed by atoms with van der Waals surface area (Å²) < 4.78 is 5.13. The number of nitrogens with zero attached hydrogens (tertiary/aromatic N) is 3. The first-order chi connectivity index (χ1) is 12.8. The van der Waals surface area contributed by atoms with E-state index in [9.17, 15) is 9.59 Å². The van der Waals surface area contributed by atoms with E-state index in [1.807, 2.05) is 56.2 Å². The fourth-order valence-electron chi connectivity index (χ4n) is 2.70. The summed E-state index contributed by atoms with van der Waals surface area (Å²) in [5.74, 6) is -0.0317. The smallest absolute Gasteiger partial charge is 0.291 e. The summed E-state index contributed by atoms with van der Waals surface area (Å²) in [6.45, 7) is 3.47. The zero-order chi connectivity index (χ0) is 20.0.